The molecule has 0 saturated heterocycles. The van der Waals surface area contributed by atoms with Crippen LogP contribution in [0.5, 0.6) is 5.75 Å². The van der Waals surface area contributed by atoms with Crippen LogP contribution in [0.15, 0.2) is 60.8 Å². The lowest BCUT2D eigenvalue weighted by molar-refractivity contribution is -0.120. The quantitative estimate of drug-likeness (QED) is 0.767. The maximum Gasteiger partial charge on any atom is 0.226 e. The van der Waals surface area contributed by atoms with Gasteiger partial charge >= 0.3 is 0 Å². The monoisotopic (exact) mass is 348 g/mol. The number of hydrogen-bond donors (Lipinski definition) is 1. The van der Waals surface area contributed by atoms with E-state index in [1.54, 1.807) is 6.20 Å². The number of fused-ring (bicyclic) bond motifs is 1. The van der Waals surface area contributed by atoms with E-state index in [-0.39, 0.29) is 18.2 Å². The van der Waals surface area contributed by atoms with E-state index in [4.69, 9.17) is 4.74 Å². The summed E-state index contributed by atoms with van der Waals surface area (Å²) in [5, 5.41) is 11.6. The lowest BCUT2D eigenvalue weighted by atomic mass is 9.97. The first kappa shape index (κ1) is 16.3. The molecule has 1 atom stereocenters. The summed E-state index contributed by atoms with van der Waals surface area (Å²) < 4.78 is 5.76. The van der Waals surface area contributed by atoms with Crippen molar-refractivity contribution in [3.05, 3.63) is 72.1 Å². The molecule has 1 aromatic heterocycles. The molecule has 0 saturated carbocycles. The first-order valence-corrected chi connectivity index (χ1v) is 8.72. The van der Waals surface area contributed by atoms with Crippen molar-refractivity contribution < 1.29 is 9.53 Å². The molecule has 1 aliphatic rings. The van der Waals surface area contributed by atoms with E-state index in [9.17, 15) is 4.79 Å². The lowest BCUT2D eigenvalue weighted by Gasteiger charge is -2.25. The van der Waals surface area contributed by atoms with Crippen LogP contribution in [0.1, 0.15) is 11.3 Å². The van der Waals surface area contributed by atoms with E-state index in [0.29, 0.717) is 18.8 Å². The Morgan fingerprint density at radius 2 is 1.96 bits per heavy atom. The largest absolute Gasteiger partial charge is 0.493 e. The third-order valence-electron chi connectivity index (χ3n) is 4.41. The van der Waals surface area contributed by atoms with Crippen LogP contribution >= 0.6 is 0 Å². The van der Waals surface area contributed by atoms with E-state index in [2.05, 4.69) is 21.6 Å². The molecule has 6 heteroatoms. The Balaban J connectivity index is 1.29. The lowest BCUT2D eigenvalue weighted by Crippen LogP contribution is -2.35. The van der Waals surface area contributed by atoms with E-state index in [0.717, 1.165) is 17.9 Å². The van der Waals surface area contributed by atoms with Crippen molar-refractivity contribution >= 4 is 5.91 Å². The molecule has 0 spiro atoms. The van der Waals surface area contributed by atoms with Crippen molar-refractivity contribution in [1.29, 1.82) is 0 Å². The number of carbonyl (C=O) groups excluding carboxylic acids is 1. The second-order valence-corrected chi connectivity index (χ2v) is 6.43. The van der Waals surface area contributed by atoms with Gasteiger partial charge in [-0.3, -0.25) is 4.79 Å². The molecule has 132 valence electrons. The van der Waals surface area contributed by atoms with Gasteiger partial charge in [0.15, 0.2) is 0 Å². The molecule has 26 heavy (non-hydrogen) atoms. The molecule has 0 unspecified atom stereocenters. The van der Waals surface area contributed by atoms with Gasteiger partial charge in [0.1, 0.15) is 5.75 Å². The first-order valence-electron chi connectivity index (χ1n) is 8.72. The zero-order chi connectivity index (χ0) is 17.8. The SMILES string of the molecule is O=C(Cc1cnn(-c2ccccc2)n1)NC[C@@H]1COc2ccccc2C1. The number of para-hydroxylation sites is 2. The van der Waals surface area contributed by atoms with E-state index < -0.39 is 0 Å². The molecule has 1 aliphatic heterocycles. The normalized spacial score (nSPS) is 15.8. The van der Waals surface area contributed by atoms with Gasteiger partial charge in [0.05, 0.1) is 30.6 Å². The second kappa shape index (κ2) is 7.39. The highest BCUT2D eigenvalue weighted by molar-refractivity contribution is 5.78. The van der Waals surface area contributed by atoms with E-state index >= 15 is 0 Å². The van der Waals surface area contributed by atoms with Gasteiger partial charge < -0.3 is 10.1 Å². The number of carbonyl (C=O) groups is 1. The highest BCUT2D eigenvalue weighted by Gasteiger charge is 2.20. The van der Waals surface area contributed by atoms with Crippen LogP contribution in [0.3, 0.4) is 0 Å². The summed E-state index contributed by atoms with van der Waals surface area (Å²) in [6, 6.07) is 17.7. The number of rotatable bonds is 5. The van der Waals surface area contributed by atoms with Gasteiger partial charge in [-0.25, -0.2) is 0 Å². The van der Waals surface area contributed by atoms with Crippen molar-refractivity contribution in [2.24, 2.45) is 5.92 Å². The van der Waals surface area contributed by atoms with Gasteiger partial charge in [-0.15, -0.1) is 0 Å². The van der Waals surface area contributed by atoms with Crippen LogP contribution in [0, 0.1) is 5.92 Å². The molecular weight excluding hydrogens is 328 g/mol. The Hall–Kier alpha value is -3.15. The van der Waals surface area contributed by atoms with Gasteiger partial charge in [0, 0.05) is 12.5 Å². The fourth-order valence-corrected chi connectivity index (χ4v) is 3.07. The van der Waals surface area contributed by atoms with Crippen LogP contribution in [0.25, 0.3) is 5.69 Å². The Labute approximate surface area is 151 Å². The number of nitrogens with zero attached hydrogens (tertiary/aromatic N) is 3. The number of hydrogen-bond acceptors (Lipinski definition) is 4. The minimum Gasteiger partial charge on any atom is -0.493 e. The smallest absolute Gasteiger partial charge is 0.226 e. The molecule has 0 fully saturated rings. The average Bonchev–Trinajstić information content (AvgIpc) is 3.15. The molecule has 6 nitrogen and oxygen atoms in total. The number of amides is 1. The molecule has 4 rings (SSSR count). The van der Waals surface area contributed by atoms with Crippen LogP contribution in [-0.2, 0) is 17.6 Å². The van der Waals surface area contributed by atoms with Crippen LogP contribution in [0.2, 0.25) is 0 Å². The molecule has 0 radical (unpaired) electrons. The average molecular weight is 348 g/mol. The molecule has 2 aromatic carbocycles. The Kier molecular flexibility index (Phi) is 4.64. The summed E-state index contributed by atoms with van der Waals surface area (Å²) in [6.07, 6.45) is 2.77. The molecule has 2 heterocycles. The van der Waals surface area contributed by atoms with Crippen LogP contribution in [0.4, 0.5) is 0 Å². The van der Waals surface area contributed by atoms with Gasteiger partial charge in [0.2, 0.25) is 5.91 Å². The summed E-state index contributed by atoms with van der Waals surface area (Å²) in [7, 11) is 0. The van der Waals surface area contributed by atoms with Crippen molar-refractivity contribution in [3.8, 4) is 11.4 Å². The van der Waals surface area contributed by atoms with Gasteiger partial charge in [-0.1, -0.05) is 36.4 Å². The van der Waals surface area contributed by atoms with Crippen molar-refractivity contribution in [2.75, 3.05) is 13.2 Å². The molecule has 1 amide bonds. The molecular formula is C20H20N4O2. The summed E-state index contributed by atoms with van der Waals surface area (Å²) in [4.78, 5) is 13.8. The maximum atomic E-state index is 12.2. The summed E-state index contributed by atoms with van der Waals surface area (Å²) in [5.41, 5.74) is 2.72. The molecule has 0 bridgehead atoms. The highest BCUT2D eigenvalue weighted by Crippen LogP contribution is 2.26. The number of benzene rings is 2. The fourth-order valence-electron chi connectivity index (χ4n) is 3.07. The Morgan fingerprint density at radius 3 is 2.85 bits per heavy atom. The van der Waals surface area contributed by atoms with Gasteiger partial charge in [-0.05, 0) is 30.2 Å². The Bertz CT molecular complexity index is 892. The van der Waals surface area contributed by atoms with Crippen molar-refractivity contribution in [2.45, 2.75) is 12.8 Å². The minimum absolute atomic E-state index is 0.0519. The van der Waals surface area contributed by atoms with E-state index in [1.807, 2.05) is 48.5 Å². The molecule has 1 N–H and O–H groups in total. The maximum absolute atomic E-state index is 12.2. The second-order valence-electron chi connectivity index (χ2n) is 6.43. The molecule has 3 aromatic rings. The summed E-state index contributed by atoms with van der Waals surface area (Å²) in [5.74, 6) is 1.19. The van der Waals surface area contributed by atoms with E-state index in [1.165, 1.54) is 10.4 Å². The standard InChI is InChI=1S/C20H20N4O2/c25-20(11-17-13-22-24(23-17)18-7-2-1-3-8-18)21-12-15-10-16-6-4-5-9-19(16)26-14-15/h1-9,13,15H,10-12,14H2,(H,21,25)/t15-/m1/s1. The predicted molar refractivity (Wildman–Crippen MR) is 97.2 cm³/mol. The highest BCUT2D eigenvalue weighted by atomic mass is 16.5. The van der Waals surface area contributed by atoms with Crippen LogP contribution < -0.4 is 10.1 Å². The first-order chi connectivity index (χ1) is 12.8. The molecule has 0 aliphatic carbocycles. The van der Waals surface area contributed by atoms with Gasteiger partial charge in [-0.2, -0.15) is 15.0 Å². The zero-order valence-electron chi connectivity index (χ0n) is 14.3. The van der Waals surface area contributed by atoms with Gasteiger partial charge in [0.25, 0.3) is 0 Å². The van der Waals surface area contributed by atoms with Crippen molar-refractivity contribution in [1.82, 2.24) is 20.3 Å². The fraction of sp³-hybridized carbons (Fsp3) is 0.250. The van der Waals surface area contributed by atoms with Crippen LogP contribution in [-0.4, -0.2) is 34.1 Å². The number of nitrogens with one attached hydrogen (secondary N) is 1. The predicted octanol–water partition coefficient (Wildman–Crippen LogP) is 2.18. The summed E-state index contributed by atoms with van der Waals surface area (Å²) in [6.45, 7) is 1.22. The number of ether oxygens (including phenoxy) is 1. The van der Waals surface area contributed by atoms with Crippen molar-refractivity contribution in [3.63, 3.8) is 0 Å². The third-order valence-corrected chi connectivity index (χ3v) is 4.41. The zero-order valence-corrected chi connectivity index (χ0v) is 14.3. The topological polar surface area (TPSA) is 69.0 Å². The summed E-state index contributed by atoms with van der Waals surface area (Å²) >= 11 is 0. The Morgan fingerprint density at radius 1 is 1.15 bits per heavy atom. The minimum atomic E-state index is -0.0519. The third kappa shape index (κ3) is 3.74. The number of aromatic nitrogens is 3.